The van der Waals surface area contributed by atoms with Crippen molar-refractivity contribution in [1.29, 1.82) is 0 Å². The number of unbranched alkanes of at least 4 members (excludes halogenated alkanes) is 4. The van der Waals surface area contributed by atoms with Gasteiger partial charge in [-0.3, -0.25) is 0 Å². The Balaban J connectivity index is 3.89. The average molecular weight is 212 g/mol. The molecule has 0 saturated carbocycles. The largest absolute Gasteiger partial charge is 0.0654 e. The molecule has 0 fully saturated rings. The molecule has 0 radical (unpaired) electrons. The minimum absolute atomic E-state index is 0.654. The van der Waals surface area contributed by atoms with Crippen LogP contribution in [0.1, 0.15) is 91.9 Å². The van der Waals surface area contributed by atoms with E-state index >= 15 is 0 Å². The first-order valence-corrected chi connectivity index (χ1v) is 7.18. The fourth-order valence-corrected chi connectivity index (χ4v) is 2.38. The summed E-state index contributed by atoms with van der Waals surface area (Å²) in [6.07, 6.45) is 14.1. The third kappa shape index (κ3) is 7.88. The van der Waals surface area contributed by atoms with Crippen LogP contribution in [0.5, 0.6) is 0 Å². The molecule has 0 amide bonds. The first-order chi connectivity index (χ1) is 7.18. The van der Waals surface area contributed by atoms with Crippen molar-refractivity contribution >= 4 is 0 Å². The van der Waals surface area contributed by atoms with E-state index in [0.717, 1.165) is 0 Å². The Bertz CT molecular complexity index is 118. The summed E-state index contributed by atoms with van der Waals surface area (Å²) >= 11 is 0. The van der Waals surface area contributed by atoms with Gasteiger partial charge < -0.3 is 0 Å². The number of hydrogen-bond acceptors (Lipinski definition) is 0. The summed E-state index contributed by atoms with van der Waals surface area (Å²) < 4.78 is 0. The Morgan fingerprint density at radius 2 is 1.00 bits per heavy atom. The van der Waals surface area contributed by atoms with Crippen molar-refractivity contribution in [3.8, 4) is 0 Å². The third-order valence-electron chi connectivity index (χ3n) is 3.65. The first-order valence-electron chi connectivity index (χ1n) is 7.18. The van der Waals surface area contributed by atoms with Crippen molar-refractivity contribution in [2.45, 2.75) is 91.9 Å². The lowest BCUT2D eigenvalue weighted by atomic mass is 9.76. The van der Waals surface area contributed by atoms with E-state index < -0.39 is 0 Å². The van der Waals surface area contributed by atoms with Crippen LogP contribution in [0.4, 0.5) is 0 Å². The molecule has 92 valence electrons. The molecule has 15 heavy (non-hydrogen) atoms. The van der Waals surface area contributed by atoms with E-state index in [1.807, 2.05) is 0 Å². The fraction of sp³-hybridized carbons (Fsp3) is 1.00. The van der Waals surface area contributed by atoms with E-state index in [1.165, 1.54) is 64.2 Å². The lowest BCUT2D eigenvalue weighted by Crippen LogP contribution is -2.16. The predicted octanol–water partition coefficient (Wildman–Crippen LogP) is 5.95. The van der Waals surface area contributed by atoms with Crippen molar-refractivity contribution in [3.63, 3.8) is 0 Å². The van der Waals surface area contributed by atoms with Gasteiger partial charge in [0.15, 0.2) is 0 Å². The van der Waals surface area contributed by atoms with Gasteiger partial charge in [0.05, 0.1) is 0 Å². The molecule has 0 aliphatic rings. The maximum atomic E-state index is 2.52. The van der Waals surface area contributed by atoms with Crippen LogP contribution in [0.2, 0.25) is 0 Å². The monoisotopic (exact) mass is 212 g/mol. The van der Waals surface area contributed by atoms with Crippen molar-refractivity contribution < 1.29 is 0 Å². The zero-order valence-corrected chi connectivity index (χ0v) is 11.6. The standard InChI is InChI=1S/C15H32/c1-5-8-11-14-15(4,12-9-6-2)13-10-7-3/h5-14H2,1-4H3. The van der Waals surface area contributed by atoms with Gasteiger partial charge in [0.1, 0.15) is 0 Å². The van der Waals surface area contributed by atoms with E-state index in [0.29, 0.717) is 5.41 Å². The van der Waals surface area contributed by atoms with Gasteiger partial charge in [0, 0.05) is 0 Å². The Kier molecular flexibility index (Phi) is 9.24. The zero-order chi connectivity index (χ0) is 11.6. The molecular formula is C15H32. The molecule has 0 rings (SSSR count). The van der Waals surface area contributed by atoms with Crippen molar-refractivity contribution in [2.24, 2.45) is 5.41 Å². The lowest BCUT2D eigenvalue weighted by molar-refractivity contribution is 0.227. The van der Waals surface area contributed by atoms with Gasteiger partial charge in [-0.25, -0.2) is 0 Å². The van der Waals surface area contributed by atoms with Crippen LogP contribution in [0.15, 0.2) is 0 Å². The highest BCUT2D eigenvalue weighted by Gasteiger charge is 2.21. The van der Waals surface area contributed by atoms with Gasteiger partial charge in [-0.15, -0.1) is 0 Å². The van der Waals surface area contributed by atoms with Crippen molar-refractivity contribution in [2.75, 3.05) is 0 Å². The minimum Gasteiger partial charge on any atom is -0.0654 e. The lowest BCUT2D eigenvalue weighted by Gasteiger charge is -2.30. The van der Waals surface area contributed by atoms with Gasteiger partial charge in [-0.05, 0) is 24.7 Å². The molecule has 0 saturated heterocycles. The average Bonchev–Trinajstić information content (AvgIpc) is 2.24. The Morgan fingerprint density at radius 1 is 0.600 bits per heavy atom. The summed E-state index contributed by atoms with van der Waals surface area (Å²) in [5, 5.41) is 0. The maximum Gasteiger partial charge on any atom is -0.0326 e. The third-order valence-corrected chi connectivity index (χ3v) is 3.65. The highest BCUT2D eigenvalue weighted by atomic mass is 14.3. The second-order valence-corrected chi connectivity index (χ2v) is 5.47. The molecular weight excluding hydrogens is 180 g/mol. The highest BCUT2D eigenvalue weighted by molar-refractivity contribution is 4.74. The molecule has 0 aliphatic carbocycles. The minimum atomic E-state index is 0.654. The van der Waals surface area contributed by atoms with Crippen LogP contribution in [0.3, 0.4) is 0 Å². The van der Waals surface area contributed by atoms with Gasteiger partial charge in [-0.2, -0.15) is 0 Å². The Labute approximate surface area is 97.8 Å². The van der Waals surface area contributed by atoms with Crippen LogP contribution in [-0.2, 0) is 0 Å². The highest BCUT2D eigenvalue weighted by Crippen LogP contribution is 2.35. The summed E-state index contributed by atoms with van der Waals surface area (Å²) in [5.41, 5.74) is 0.654. The van der Waals surface area contributed by atoms with Crippen molar-refractivity contribution in [1.82, 2.24) is 0 Å². The summed E-state index contributed by atoms with van der Waals surface area (Å²) in [6.45, 7) is 9.45. The van der Waals surface area contributed by atoms with Crippen LogP contribution < -0.4 is 0 Å². The summed E-state index contributed by atoms with van der Waals surface area (Å²) in [4.78, 5) is 0. The molecule has 0 N–H and O–H groups in total. The number of hydrogen-bond donors (Lipinski definition) is 0. The molecule has 0 unspecified atom stereocenters. The molecule has 0 aromatic rings. The topological polar surface area (TPSA) is 0 Å². The SMILES string of the molecule is CCCCCC(C)(CCCC)CCCC. The second kappa shape index (κ2) is 9.24. The molecule has 0 aliphatic heterocycles. The molecule has 0 heteroatoms. The smallest absolute Gasteiger partial charge is 0.0326 e. The predicted molar refractivity (Wildman–Crippen MR) is 71.3 cm³/mol. The maximum absolute atomic E-state index is 2.52. The Morgan fingerprint density at radius 3 is 1.40 bits per heavy atom. The zero-order valence-electron chi connectivity index (χ0n) is 11.6. The van der Waals surface area contributed by atoms with E-state index in [9.17, 15) is 0 Å². The molecule has 0 bridgehead atoms. The molecule has 0 spiro atoms. The van der Waals surface area contributed by atoms with Gasteiger partial charge in [0.25, 0.3) is 0 Å². The fourth-order valence-electron chi connectivity index (χ4n) is 2.38. The van der Waals surface area contributed by atoms with E-state index in [-0.39, 0.29) is 0 Å². The normalized spacial score (nSPS) is 12.0. The molecule has 0 atom stereocenters. The van der Waals surface area contributed by atoms with E-state index in [2.05, 4.69) is 27.7 Å². The van der Waals surface area contributed by atoms with Crippen LogP contribution in [0, 0.1) is 5.41 Å². The van der Waals surface area contributed by atoms with Gasteiger partial charge >= 0.3 is 0 Å². The van der Waals surface area contributed by atoms with Crippen LogP contribution in [0.25, 0.3) is 0 Å². The summed E-state index contributed by atoms with van der Waals surface area (Å²) in [5.74, 6) is 0. The van der Waals surface area contributed by atoms with Crippen LogP contribution >= 0.6 is 0 Å². The molecule has 0 heterocycles. The Hall–Kier alpha value is 0. The van der Waals surface area contributed by atoms with Crippen molar-refractivity contribution in [3.05, 3.63) is 0 Å². The first kappa shape index (κ1) is 15.0. The van der Waals surface area contributed by atoms with Crippen LogP contribution in [-0.4, -0.2) is 0 Å². The van der Waals surface area contributed by atoms with Gasteiger partial charge in [-0.1, -0.05) is 72.6 Å². The van der Waals surface area contributed by atoms with Gasteiger partial charge in [0.2, 0.25) is 0 Å². The quantitative estimate of drug-likeness (QED) is 0.392. The molecule has 0 aromatic carbocycles. The summed E-state index contributed by atoms with van der Waals surface area (Å²) in [6, 6.07) is 0. The molecule has 0 nitrogen and oxygen atoms in total. The number of rotatable bonds is 10. The summed E-state index contributed by atoms with van der Waals surface area (Å²) in [7, 11) is 0. The van der Waals surface area contributed by atoms with E-state index in [4.69, 9.17) is 0 Å². The second-order valence-electron chi connectivity index (χ2n) is 5.47. The van der Waals surface area contributed by atoms with E-state index in [1.54, 1.807) is 0 Å². The molecule has 0 aromatic heterocycles.